The SMILES string of the molecule is CSCC1CCCN(c2nc(C)c3ccccc3n2)C1. The van der Waals surface area contributed by atoms with Crippen molar-refractivity contribution in [1.29, 1.82) is 0 Å². The lowest BCUT2D eigenvalue weighted by atomic mass is 10.0. The maximum atomic E-state index is 4.76. The zero-order valence-corrected chi connectivity index (χ0v) is 13.0. The van der Waals surface area contributed by atoms with Gasteiger partial charge in [-0.1, -0.05) is 18.2 Å². The first kappa shape index (κ1) is 13.7. The molecule has 3 rings (SSSR count). The Morgan fingerprint density at radius 3 is 3.00 bits per heavy atom. The van der Waals surface area contributed by atoms with Crippen LogP contribution in [-0.4, -0.2) is 35.1 Å². The Morgan fingerprint density at radius 1 is 1.30 bits per heavy atom. The number of aromatic nitrogens is 2. The standard InChI is InChI=1S/C16H21N3S/c1-12-14-7-3-4-8-15(14)18-16(17-12)19-9-5-6-13(10-19)11-20-2/h3-4,7-8,13H,5-6,9-11H2,1-2H3. The van der Waals surface area contributed by atoms with Crippen molar-refractivity contribution < 1.29 is 0 Å². The van der Waals surface area contributed by atoms with Crippen LogP contribution < -0.4 is 4.90 Å². The van der Waals surface area contributed by atoms with Crippen LogP contribution in [0, 0.1) is 12.8 Å². The molecule has 0 radical (unpaired) electrons. The van der Waals surface area contributed by atoms with Crippen molar-refractivity contribution in [1.82, 2.24) is 9.97 Å². The number of anilines is 1. The van der Waals surface area contributed by atoms with Crippen LogP contribution in [0.25, 0.3) is 10.9 Å². The second kappa shape index (κ2) is 6.00. The summed E-state index contributed by atoms with van der Waals surface area (Å²) >= 11 is 1.94. The monoisotopic (exact) mass is 287 g/mol. The Hall–Kier alpha value is -1.29. The van der Waals surface area contributed by atoms with Crippen molar-refractivity contribution in [3.05, 3.63) is 30.0 Å². The van der Waals surface area contributed by atoms with Gasteiger partial charge >= 0.3 is 0 Å². The molecular weight excluding hydrogens is 266 g/mol. The number of piperidine rings is 1. The van der Waals surface area contributed by atoms with E-state index in [-0.39, 0.29) is 0 Å². The van der Waals surface area contributed by atoms with Crippen molar-refractivity contribution in [2.75, 3.05) is 30.0 Å². The quantitative estimate of drug-likeness (QED) is 0.864. The lowest BCUT2D eigenvalue weighted by molar-refractivity contribution is 0.448. The third-order valence-corrected chi connectivity index (χ3v) is 4.79. The normalized spacial score (nSPS) is 19.5. The number of benzene rings is 1. The van der Waals surface area contributed by atoms with Crippen molar-refractivity contribution in [3.63, 3.8) is 0 Å². The van der Waals surface area contributed by atoms with E-state index in [2.05, 4.69) is 30.2 Å². The number of aryl methyl sites for hydroxylation is 1. The second-order valence-electron chi connectivity index (χ2n) is 5.54. The predicted octanol–water partition coefficient (Wildman–Crippen LogP) is 3.52. The molecule has 2 heterocycles. The van der Waals surface area contributed by atoms with Gasteiger partial charge in [-0.15, -0.1) is 0 Å². The minimum absolute atomic E-state index is 0.772. The maximum Gasteiger partial charge on any atom is 0.226 e. The van der Waals surface area contributed by atoms with Crippen LogP contribution in [-0.2, 0) is 0 Å². The first-order chi connectivity index (χ1) is 9.78. The minimum atomic E-state index is 0.772. The molecule has 1 unspecified atom stereocenters. The summed E-state index contributed by atoms with van der Waals surface area (Å²) in [5.41, 5.74) is 2.14. The molecule has 1 fully saturated rings. The number of para-hydroxylation sites is 1. The van der Waals surface area contributed by atoms with Gasteiger partial charge in [0.25, 0.3) is 0 Å². The van der Waals surface area contributed by atoms with E-state index in [0.717, 1.165) is 41.6 Å². The van der Waals surface area contributed by atoms with E-state index in [1.807, 2.05) is 23.9 Å². The average Bonchev–Trinajstić information content (AvgIpc) is 2.48. The summed E-state index contributed by atoms with van der Waals surface area (Å²) < 4.78 is 0. The van der Waals surface area contributed by atoms with Gasteiger partial charge in [-0.25, -0.2) is 9.97 Å². The molecule has 0 spiro atoms. The molecule has 1 aromatic heterocycles. The predicted molar refractivity (Wildman–Crippen MR) is 87.6 cm³/mol. The smallest absolute Gasteiger partial charge is 0.226 e. The maximum absolute atomic E-state index is 4.76. The molecule has 1 saturated heterocycles. The molecule has 0 aliphatic carbocycles. The Morgan fingerprint density at radius 2 is 2.15 bits per heavy atom. The molecule has 1 aliphatic heterocycles. The van der Waals surface area contributed by atoms with E-state index in [9.17, 15) is 0 Å². The van der Waals surface area contributed by atoms with E-state index in [0.29, 0.717) is 0 Å². The van der Waals surface area contributed by atoms with Crippen molar-refractivity contribution in [2.45, 2.75) is 19.8 Å². The van der Waals surface area contributed by atoms with E-state index >= 15 is 0 Å². The molecule has 0 saturated carbocycles. The molecule has 1 atom stereocenters. The third-order valence-electron chi connectivity index (χ3n) is 3.99. The van der Waals surface area contributed by atoms with Gasteiger partial charge in [-0.3, -0.25) is 0 Å². The fourth-order valence-electron chi connectivity index (χ4n) is 2.98. The minimum Gasteiger partial charge on any atom is -0.340 e. The molecule has 106 valence electrons. The fraction of sp³-hybridized carbons (Fsp3) is 0.500. The summed E-state index contributed by atoms with van der Waals surface area (Å²) in [6, 6.07) is 8.27. The van der Waals surface area contributed by atoms with Crippen LogP contribution in [0.3, 0.4) is 0 Å². The molecule has 3 nitrogen and oxygen atoms in total. The molecule has 1 aliphatic rings. The summed E-state index contributed by atoms with van der Waals surface area (Å²) in [4.78, 5) is 11.9. The van der Waals surface area contributed by atoms with Crippen LogP contribution in [0.4, 0.5) is 5.95 Å². The summed E-state index contributed by atoms with van der Waals surface area (Å²) in [5, 5.41) is 1.16. The van der Waals surface area contributed by atoms with Gasteiger partial charge < -0.3 is 4.90 Å². The van der Waals surface area contributed by atoms with Crippen molar-refractivity contribution >= 4 is 28.6 Å². The molecule has 0 N–H and O–H groups in total. The molecule has 20 heavy (non-hydrogen) atoms. The van der Waals surface area contributed by atoms with Crippen molar-refractivity contribution in [2.24, 2.45) is 5.92 Å². The molecule has 0 amide bonds. The average molecular weight is 287 g/mol. The van der Waals surface area contributed by atoms with Gasteiger partial charge in [0.1, 0.15) is 0 Å². The van der Waals surface area contributed by atoms with Crippen LogP contribution in [0.1, 0.15) is 18.5 Å². The zero-order valence-electron chi connectivity index (χ0n) is 12.2. The van der Waals surface area contributed by atoms with Gasteiger partial charge in [-0.05, 0) is 43.8 Å². The first-order valence-electron chi connectivity index (χ1n) is 7.25. The molecule has 4 heteroatoms. The number of fused-ring (bicyclic) bond motifs is 1. The summed E-state index contributed by atoms with van der Waals surface area (Å²) in [6.07, 6.45) is 4.78. The number of nitrogens with zero attached hydrogens (tertiary/aromatic N) is 3. The largest absolute Gasteiger partial charge is 0.340 e. The van der Waals surface area contributed by atoms with E-state index in [4.69, 9.17) is 9.97 Å². The lowest BCUT2D eigenvalue weighted by Crippen LogP contribution is -2.37. The molecular formula is C16H21N3S. The van der Waals surface area contributed by atoms with E-state index in [1.54, 1.807) is 0 Å². The van der Waals surface area contributed by atoms with E-state index < -0.39 is 0 Å². The van der Waals surface area contributed by atoms with Gasteiger partial charge in [0, 0.05) is 18.5 Å². The molecule has 2 aromatic rings. The molecule has 0 bridgehead atoms. The van der Waals surface area contributed by atoms with Crippen LogP contribution in [0.15, 0.2) is 24.3 Å². The Balaban J connectivity index is 1.89. The summed E-state index contributed by atoms with van der Waals surface area (Å²) in [5.74, 6) is 2.92. The Labute approximate surface area is 124 Å². The van der Waals surface area contributed by atoms with Gasteiger partial charge in [0.2, 0.25) is 5.95 Å². The summed E-state index contributed by atoms with van der Waals surface area (Å²) in [6.45, 7) is 4.26. The second-order valence-corrected chi connectivity index (χ2v) is 6.45. The Bertz CT molecular complexity index is 597. The number of thioether (sulfide) groups is 1. The third kappa shape index (κ3) is 2.75. The number of hydrogen-bond acceptors (Lipinski definition) is 4. The van der Waals surface area contributed by atoms with Gasteiger partial charge in [0.15, 0.2) is 0 Å². The topological polar surface area (TPSA) is 29.0 Å². The van der Waals surface area contributed by atoms with Crippen molar-refractivity contribution in [3.8, 4) is 0 Å². The molecule has 1 aromatic carbocycles. The number of hydrogen-bond donors (Lipinski definition) is 0. The van der Waals surface area contributed by atoms with Gasteiger partial charge in [-0.2, -0.15) is 11.8 Å². The van der Waals surface area contributed by atoms with E-state index in [1.165, 1.54) is 18.6 Å². The lowest BCUT2D eigenvalue weighted by Gasteiger charge is -2.32. The fourth-order valence-corrected chi connectivity index (χ4v) is 3.72. The van der Waals surface area contributed by atoms with Gasteiger partial charge in [0.05, 0.1) is 11.2 Å². The van der Waals surface area contributed by atoms with Crippen LogP contribution >= 0.6 is 11.8 Å². The van der Waals surface area contributed by atoms with Crippen LogP contribution in [0.2, 0.25) is 0 Å². The highest BCUT2D eigenvalue weighted by Gasteiger charge is 2.21. The Kier molecular flexibility index (Phi) is 4.10. The summed E-state index contributed by atoms with van der Waals surface area (Å²) in [7, 11) is 0. The van der Waals surface area contributed by atoms with Crippen LogP contribution in [0.5, 0.6) is 0 Å². The highest BCUT2D eigenvalue weighted by atomic mass is 32.2. The highest BCUT2D eigenvalue weighted by Crippen LogP contribution is 2.25. The zero-order chi connectivity index (χ0) is 13.9. The first-order valence-corrected chi connectivity index (χ1v) is 8.64. The highest BCUT2D eigenvalue weighted by molar-refractivity contribution is 7.98. The number of rotatable bonds is 3.